The molecule has 0 aromatic heterocycles. The third-order valence-electron chi connectivity index (χ3n) is 4.40. The maximum Gasteiger partial charge on any atom is 0.243 e. The summed E-state index contributed by atoms with van der Waals surface area (Å²) in [6, 6.07) is 8.21. The average molecular weight is 287 g/mol. The van der Waals surface area contributed by atoms with Crippen molar-refractivity contribution in [2.45, 2.75) is 38.4 Å². The molecule has 3 rings (SSSR count). The molecule has 0 spiro atoms. The molecule has 2 aliphatic heterocycles. The molecule has 1 fully saturated rings. The minimum atomic E-state index is -0.223. The van der Waals surface area contributed by atoms with E-state index in [2.05, 4.69) is 27.7 Å². The Morgan fingerprint density at radius 1 is 1.29 bits per heavy atom. The van der Waals surface area contributed by atoms with Crippen molar-refractivity contribution < 1.29 is 9.59 Å². The summed E-state index contributed by atoms with van der Waals surface area (Å²) < 4.78 is 0. The third-order valence-corrected chi connectivity index (χ3v) is 4.40. The Morgan fingerprint density at radius 3 is 2.90 bits per heavy atom. The molecule has 5 heteroatoms. The van der Waals surface area contributed by atoms with Gasteiger partial charge in [0.2, 0.25) is 11.8 Å². The first-order valence-electron chi connectivity index (χ1n) is 7.58. The summed E-state index contributed by atoms with van der Waals surface area (Å²) in [5.74, 6) is -0.358. The predicted molar refractivity (Wildman–Crippen MR) is 79.4 cm³/mol. The molecule has 0 radical (unpaired) electrons. The molecule has 2 N–H and O–H groups in total. The van der Waals surface area contributed by atoms with Crippen molar-refractivity contribution in [3.05, 3.63) is 35.4 Å². The summed E-state index contributed by atoms with van der Waals surface area (Å²) in [4.78, 5) is 26.0. The molecule has 2 atom stereocenters. The lowest BCUT2D eigenvalue weighted by atomic mass is 9.95. The van der Waals surface area contributed by atoms with E-state index >= 15 is 0 Å². The number of benzene rings is 1. The summed E-state index contributed by atoms with van der Waals surface area (Å²) in [6.45, 7) is 4.02. The number of rotatable bonds is 2. The van der Waals surface area contributed by atoms with Crippen LogP contribution in [-0.4, -0.2) is 35.8 Å². The molecule has 2 amide bonds. The summed E-state index contributed by atoms with van der Waals surface area (Å²) in [6.07, 6.45) is 1.62. The van der Waals surface area contributed by atoms with Crippen LogP contribution in [0.3, 0.4) is 0 Å². The fourth-order valence-corrected chi connectivity index (χ4v) is 3.42. The van der Waals surface area contributed by atoms with Crippen LogP contribution in [0.4, 0.5) is 0 Å². The van der Waals surface area contributed by atoms with Crippen molar-refractivity contribution in [1.82, 2.24) is 15.5 Å². The van der Waals surface area contributed by atoms with Crippen molar-refractivity contribution >= 4 is 11.8 Å². The molecule has 2 unspecified atom stereocenters. The quantitative estimate of drug-likeness (QED) is 0.795. The number of hydrogen-bond donors (Lipinski definition) is 2. The van der Waals surface area contributed by atoms with E-state index in [9.17, 15) is 9.59 Å². The molecule has 0 saturated carbocycles. The summed E-state index contributed by atoms with van der Waals surface area (Å²) in [5, 5.41) is 5.87. The van der Waals surface area contributed by atoms with E-state index < -0.39 is 0 Å². The zero-order valence-corrected chi connectivity index (χ0v) is 12.3. The van der Waals surface area contributed by atoms with Gasteiger partial charge in [-0.1, -0.05) is 31.2 Å². The SMILES string of the molecule is CCC1C(=O)NC(=O)CN1C1CCNCc2ccccc21. The number of imide groups is 1. The van der Waals surface area contributed by atoms with Crippen molar-refractivity contribution in [3.63, 3.8) is 0 Å². The maximum absolute atomic E-state index is 12.1. The first-order valence-corrected chi connectivity index (χ1v) is 7.58. The Labute approximate surface area is 124 Å². The Bertz CT molecular complexity index is 558. The van der Waals surface area contributed by atoms with Gasteiger partial charge in [0.15, 0.2) is 0 Å². The van der Waals surface area contributed by atoms with Crippen LogP contribution in [0, 0.1) is 0 Å². The van der Waals surface area contributed by atoms with Crippen LogP contribution >= 0.6 is 0 Å². The highest BCUT2D eigenvalue weighted by atomic mass is 16.2. The highest BCUT2D eigenvalue weighted by molar-refractivity contribution is 6.01. The molecule has 1 aromatic carbocycles. The van der Waals surface area contributed by atoms with Gasteiger partial charge in [-0.2, -0.15) is 0 Å². The summed E-state index contributed by atoms with van der Waals surface area (Å²) >= 11 is 0. The fraction of sp³-hybridized carbons (Fsp3) is 0.500. The fourth-order valence-electron chi connectivity index (χ4n) is 3.42. The van der Waals surface area contributed by atoms with Gasteiger partial charge in [-0.25, -0.2) is 0 Å². The van der Waals surface area contributed by atoms with Crippen molar-refractivity contribution in [2.75, 3.05) is 13.1 Å². The number of carbonyl (C=O) groups is 2. The smallest absolute Gasteiger partial charge is 0.243 e. The molecular formula is C16H21N3O2. The zero-order chi connectivity index (χ0) is 14.8. The highest BCUT2D eigenvalue weighted by Crippen LogP contribution is 2.32. The highest BCUT2D eigenvalue weighted by Gasteiger charge is 2.38. The molecule has 1 aromatic rings. The number of nitrogens with zero attached hydrogens (tertiary/aromatic N) is 1. The Balaban J connectivity index is 1.97. The summed E-state index contributed by atoms with van der Waals surface area (Å²) in [7, 11) is 0. The normalized spacial score (nSPS) is 26.9. The van der Waals surface area contributed by atoms with Gasteiger partial charge in [-0.05, 0) is 30.5 Å². The number of fused-ring (bicyclic) bond motifs is 1. The number of carbonyl (C=O) groups excluding carboxylic acids is 2. The second-order valence-electron chi connectivity index (χ2n) is 5.69. The van der Waals surface area contributed by atoms with Gasteiger partial charge in [-0.15, -0.1) is 0 Å². The van der Waals surface area contributed by atoms with E-state index in [1.54, 1.807) is 0 Å². The van der Waals surface area contributed by atoms with Crippen molar-refractivity contribution in [3.8, 4) is 0 Å². The van der Waals surface area contributed by atoms with Crippen LogP contribution < -0.4 is 10.6 Å². The van der Waals surface area contributed by atoms with Crippen molar-refractivity contribution in [1.29, 1.82) is 0 Å². The Morgan fingerprint density at radius 2 is 2.10 bits per heavy atom. The Kier molecular flexibility index (Phi) is 4.03. The molecule has 21 heavy (non-hydrogen) atoms. The van der Waals surface area contributed by atoms with E-state index in [1.807, 2.05) is 19.1 Å². The molecule has 2 heterocycles. The van der Waals surface area contributed by atoms with Crippen LogP contribution in [0.15, 0.2) is 24.3 Å². The zero-order valence-electron chi connectivity index (χ0n) is 12.3. The number of hydrogen-bond acceptors (Lipinski definition) is 4. The lowest BCUT2D eigenvalue weighted by Crippen LogP contribution is -2.58. The standard InChI is InChI=1S/C16H21N3O2/c1-2-13-16(21)18-15(20)10-19(13)14-7-8-17-9-11-5-3-4-6-12(11)14/h3-6,13-14,17H,2,7-10H2,1H3,(H,18,20,21). The van der Waals surface area contributed by atoms with Crippen molar-refractivity contribution in [2.24, 2.45) is 0 Å². The second kappa shape index (κ2) is 5.95. The van der Waals surface area contributed by atoms with Crippen LogP contribution in [0.25, 0.3) is 0 Å². The molecule has 112 valence electrons. The number of amides is 2. The monoisotopic (exact) mass is 287 g/mol. The summed E-state index contributed by atoms with van der Waals surface area (Å²) in [5.41, 5.74) is 2.50. The molecule has 5 nitrogen and oxygen atoms in total. The van der Waals surface area contributed by atoms with Crippen LogP contribution in [-0.2, 0) is 16.1 Å². The van der Waals surface area contributed by atoms with Crippen LogP contribution in [0.1, 0.15) is 36.9 Å². The second-order valence-corrected chi connectivity index (χ2v) is 5.69. The first-order chi connectivity index (χ1) is 10.2. The minimum Gasteiger partial charge on any atom is -0.313 e. The van der Waals surface area contributed by atoms with E-state index in [1.165, 1.54) is 11.1 Å². The van der Waals surface area contributed by atoms with Gasteiger partial charge in [0.1, 0.15) is 0 Å². The van der Waals surface area contributed by atoms with E-state index in [-0.39, 0.29) is 23.9 Å². The van der Waals surface area contributed by atoms with Crippen LogP contribution in [0.5, 0.6) is 0 Å². The number of nitrogens with one attached hydrogen (secondary N) is 2. The molecule has 2 aliphatic rings. The molecule has 1 saturated heterocycles. The largest absolute Gasteiger partial charge is 0.313 e. The molecule has 0 aliphatic carbocycles. The van der Waals surface area contributed by atoms with Gasteiger partial charge in [0, 0.05) is 12.6 Å². The van der Waals surface area contributed by atoms with E-state index in [0.717, 1.165) is 19.5 Å². The molecule has 0 bridgehead atoms. The van der Waals surface area contributed by atoms with Gasteiger partial charge < -0.3 is 5.32 Å². The van der Waals surface area contributed by atoms with Gasteiger partial charge in [0.25, 0.3) is 0 Å². The van der Waals surface area contributed by atoms with Gasteiger partial charge >= 0.3 is 0 Å². The van der Waals surface area contributed by atoms with E-state index in [4.69, 9.17) is 0 Å². The van der Waals surface area contributed by atoms with Crippen LogP contribution in [0.2, 0.25) is 0 Å². The van der Waals surface area contributed by atoms with E-state index in [0.29, 0.717) is 13.0 Å². The first kappa shape index (κ1) is 14.2. The molecular weight excluding hydrogens is 266 g/mol. The topological polar surface area (TPSA) is 61.4 Å². The maximum atomic E-state index is 12.1. The average Bonchev–Trinajstić information content (AvgIpc) is 2.68. The third kappa shape index (κ3) is 2.71. The lowest BCUT2D eigenvalue weighted by molar-refractivity contribution is -0.141. The number of piperazine rings is 1. The lowest BCUT2D eigenvalue weighted by Gasteiger charge is -2.39. The Hall–Kier alpha value is -1.72. The predicted octanol–water partition coefficient (Wildman–Crippen LogP) is 0.958. The minimum absolute atomic E-state index is 0.121. The van der Waals surface area contributed by atoms with Gasteiger partial charge in [-0.3, -0.25) is 19.8 Å². The van der Waals surface area contributed by atoms with Gasteiger partial charge in [0.05, 0.1) is 12.6 Å².